The van der Waals surface area contributed by atoms with Gasteiger partial charge in [-0.15, -0.1) is 0 Å². The van der Waals surface area contributed by atoms with E-state index >= 15 is 0 Å². The van der Waals surface area contributed by atoms with Crippen LogP contribution in [0, 0.1) is 0 Å². The Morgan fingerprint density at radius 1 is 1.50 bits per heavy atom. The fraction of sp³-hybridized carbons (Fsp3) is 0.769. The molecule has 2 fully saturated rings. The van der Waals surface area contributed by atoms with Crippen molar-refractivity contribution in [3.8, 4) is 5.75 Å². The molecule has 5 nitrogen and oxygen atoms in total. The summed E-state index contributed by atoms with van der Waals surface area (Å²) in [5.41, 5.74) is -0.0292. The second-order valence-corrected chi connectivity index (χ2v) is 5.67. The van der Waals surface area contributed by atoms with Gasteiger partial charge in [-0.2, -0.15) is 5.10 Å². The molecule has 0 bridgehead atoms. The molecule has 1 aromatic heterocycles. The van der Waals surface area contributed by atoms with Crippen LogP contribution in [-0.2, 0) is 12.6 Å². The molecular formula is C13H21N3O2. The van der Waals surface area contributed by atoms with E-state index in [4.69, 9.17) is 4.74 Å². The monoisotopic (exact) mass is 251 g/mol. The van der Waals surface area contributed by atoms with Gasteiger partial charge in [0.25, 0.3) is 0 Å². The Kier molecular flexibility index (Phi) is 2.64. The molecule has 1 saturated heterocycles. The van der Waals surface area contributed by atoms with E-state index in [0.29, 0.717) is 24.4 Å². The molecule has 3 rings (SSSR count). The number of likely N-dealkylation sites (tertiary alicyclic amines) is 1. The summed E-state index contributed by atoms with van der Waals surface area (Å²) in [6.07, 6.45) is 4.96. The lowest BCUT2D eigenvalue weighted by atomic mass is 9.96. The molecule has 1 aromatic rings. The molecule has 2 heterocycles. The Morgan fingerprint density at radius 3 is 2.83 bits per heavy atom. The van der Waals surface area contributed by atoms with Crippen LogP contribution in [0.25, 0.3) is 0 Å². The van der Waals surface area contributed by atoms with Gasteiger partial charge in [0.2, 0.25) is 0 Å². The first-order valence-electron chi connectivity index (χ1n) is 6.60. The number of aromatic nitrogens is 2. The van der Waals surface area contributed by atoms with Crippen LogP contribution in [0.1, 0.15) is 31.9 Å². The van der Waals surface area contributed by atoms with Gasteiger partial charge in [-0.05, 0) is 26.2 Å². The second-order valence-electron chi connectivity index (χ2n) is 5.67. The van der Waals surface area contributed by atoms with Crippen LogP contribution in [0.5, 0.6) is 5.75 Å². The second kappa shape index (κ2) is 3.96. The van der Waals surface area contributed by atoms with Gasteiger partial charge in [0, 0.05) is 25.7 Å². The van der Waals surface area contributed by atoms with Gasteiger partial charge in [0.1, 0.15) is 11.3 Å². The summed E-state index contributed by atoms with van der Waals surface area (Å²) in [6, 6.07) is 1.09. The third-order valence-corrected chi connectivity index (χ3v) is 4.23. The van der Waals surface area contributed by atoms with Crippen LogP contribution in [0.2, 0.25) is 0 Å². The van der Waals surface area contributed by atoms with Crippen molar-refractivity contribution in [2.75, 3.05) is 13.7 Å². The summed E-state index contributed by atoms with van der Waals surface area (Å²) in [5.74, 6) is 0.685. The van der Waals surface area contributed by atoms with Crippen LogP contribution in [0.15, 0.2) is 6.20 Å². The van der Waals surface area contributed by atoms with E-state index in [1.165, 1.54) is 12.8 Å². The van der Waals surface area contributed by atoms with Gasteiger partial charge in [0.15, 0.2) is 5.75 Å². The fourth-order valence-electron chi connectivity index (χ4n) is 3.29. The molecule has 1 N–H and O–H groups in total. The van der Waals surface area contributed by atoms with Crippen molar-refractivity contribution in [1.29, 1.82) is 0 Å². The molecule has 1 aliphatic carbocycles. The average Bonchev–Trinajstić information content (AvgIpc) is 3.02. The van der Waals surface area contributed by atoms with E-state index in [2.05, 4.69) is 16.9 Å². The zero-order chi connectivity index (χ0) is 12.9. The average molecular weight is 251 g/mol. The first-order chi connectivity index (χ1) is 8.55. The van der Waals surface area contributed by atoms with Crippen LogP contribution in [-0.4, -0.2) is 45.5 Å². The highest BCUT2D eigenvalue weighted by molar-refractivity contribution is 5.32. The Labute approximate surface area is 107 Å². The van der Waals surface area contributed by atoms with E-state index in [-0.39, 0.29) is 0 Å². The van der Waals surface area contributed by atoms with Crippen molar-refractivity contribution in [2.45, 2.75) is 43.9 Å². The molecule has 18 heavy (non-hydrogen) atoms. The summed E-state index contributed by atoms with van der Waals surface area (Å²) in [6.45, 7) is 2.88. The Hall–Kier alpha value is -1.07. The maximum Gasteiger partial charge on any atom is 0.162 e. The molecular weight excluding hydrogens is 230 g/mol. The maximum absolute atomic E-state index is 11.0. The van der Waals surface area contributed by atoms with Gasteiger partial charge in [-0.1, -0.05) is 0 Å². The number of rotatable bonds is 3. The minimum Gasteiger partial charge on any atom is -0.493 e. The summed E-state index contributed by atoms with van der Waals surface area (Å²) in [4.78, 5) is 2.42. The van der Waals surface area contributed by atoms with Crippen molar-refractivity contribution < 1.29 is 9.84 Å². The molecule has 2 atom stereocenters. The SMILES string of the molecule is COc1cnn(C)c1C1(O)CC(C)N(C2CC2)C1. The van der Waals surface area contributed by atoms with Gasteiger partial charge in [-0.3, -0.25) is 9.58 Å². The van der Waals surface area contributed by atoms with E-state index in [1.54, 1.807) is 18.0 Å². The van der Waals surface area contributed by atoms with E-state index < -0.39 is 5.60 Å². The van der Waals surface area contributed by atoms with Crippen molar-refractivity contribution >= 4 is 0 Å². The Balaban J connectivity index is 1.92. The number of nitrogens with zero attached hydrogens (tertiary/aromatic N) is 3. The molecule has 1 aliphatic heterocycles. The van der Waals surface area contributed by atoms with E-state index in [0.717, 1.165) is 12.1 Å². The van der Waals surface area contributed by atoms with Crippen molar-refractivity contribution in [1.82, 2.24) is 14.7 Å². The minimum atomic E-state index is -0.835. The van der Waals surface area contributed by atoms with Gasteiger partial charge >= 0.3 is 0 Å². The minimum absolute atomic E-state index is 0.419. The molecule has 2 aliphatic rings. The van der Waals surface area contributed by atoms with Crippen LogP contribution >= 0.6 is 0 Å². The first-order valence-corrected chi connectivity index (χ1v) is 6.60. The molecule has 0 radical (unpaired) electrons. The van der Waals surface area contributed by atoms with Gasteiger partial charge in [-0.25, -0.2) is 0 Å². The standard InChI is InChI=1S/C13H21N3O2/c1-9-6-13(17,8-16(9)10-4-5-10)12-11(18-3)7-14-15(12)2/h7,9-10,17H,4-6,8H2,1-3H3. The Bertz CT molecular complexity index is 455. The lowest BCUT2D eigenvalue weighted by Crippen LogP contribution is -2.34. The number of aliphatic hydroxyl groups is 1. The summed E-state index contributed by atoms with van der Waals surface area (Å²) < 4.78 is 7.07. The van der Waals surface area contributed by atoms with Crippen molar-refractivity contribution in [3.63, 3.8) is 0 Å². The van der Waals surface area contributed by atoms with Gasteiger partial charge < -0.3 is 9.84 Å². The number of ether oxygens (including phenoxy) is 1. The number of hydrogen-bond donors (Lipinski definition) is 1. The van der Waals surface area contributed by atoms with E-state index in [1.807, 2.05) is 7.05 Å². The van der Waals surface area contributed by atoms with Crippen molar-refractivity contribution in [2.24, 2.45) is 7.05 Å². The number of hydrogen-bond acceptors (Lipinski definition) is 4. The number of methoxy groups -OCH3 is 1. The molecule has 0 spiro atoms. The fourth-order valence-corrected chi connectivity index (χ4v) is 3.29. The summed E-state index contributed by atoms with van der Waals surface area (Å²) in [7, 11) is 3.49. The van der Waals surface area contributed by atoms with Crippen LogP contribution in [0.3, 0.4) is 0 Å². The highest BCUT2D eigenvalue weighted by atomic mass is 16.5. The zero-order valence-electron chi connectivity index (χ0n) is 11.3. The molecule has 100 valence electrons. The van der Waals surface area contributed by atoms with Crippen LogP contribution in [0.4, 0.5) is 0 Å². The third-order valence-electron chi connectivity index (χ3n) is 4.23. The number of β-amino-alcohol motifs (C(OH)–C–C–N with tert-alkyl or cyclic N) is 1. The maximum atomic E-state index is 11.0. The Morgan fingerprint density at radius 2 is 2.22 bits per heavy atom. The molecule has 5 heteroatoms. The predicted octanol–water partition coefficient (Wildman–Crippen LogP) is 0.873. The lowest BCUT2D eigenvalue weighted by molar-refractivity contribution is 0.0346. The van der Waals surface area contributed by atoms with E-state index in [9.17, 15) is 5.11 Å². The molecule has 0 amide bonds. The van der Waals surface area contributed by atoms with Crippen molar-refractivity contribution in [3.05, 3.63) is 11.9 Å². The number of aryl methyl sites for hydroxylation is 1. The lowest BCUT2D eigenvalue weighted by Gasteiger charge is -2.24. The summed E-state index contributed by atoms with van der Waals surface area (Å²) >= 11 is 0. The first kappa shape index (κ1) is 12.0. The summed E-state index contributed by atoms with van der Waals surface area (Å²) in [5, 5.41) is 15.2. The smallest absolute Gasteiger partial charge is 0.162 e. The highest BCUT2D eigenvalue weighted by Crippen LogP contribution is 2.43. The topological polar surface area (TPSA) is 50.5 Å². The molecule has 0 aromatic carbocycles. The molecule has 1 saturated carbocycles. The normalized spacial score (nSPS) is 33.0. The molecule has 2 unspecified atom stereocenters. The quantitative estimate of drug-likeness (QED) is 0.866. The largest absolute Gasteiger partial charge is 0.493 e. The zero-order valence-corrected chi connectivity index (χ0v) is 11.3. The third kappa shape index (κ3) is 1.73. The van der Waals surface area contributed by atoms with Gasteiger partial charge in [0.05, 0.1) is 13.3 Å². The van der Waals surface area contributed by atoms with Crippen LogP contribution < -0.4 is 4.74 Å². The predicted molar refractivity (Wildman–Crippen MR) is 67.5 cm³/mol. The highest BCUT2D eigenvalue weighted by Gasteiger charge is 2.49.